The molecule has 0 saturated carbocycles. The third-order valence-corrected chi connectivity index (χ3v) is 2.85. The van der Waals surface area contributed by atoms with E-state index in [0.29, 0.717) is 18.8 Å². The molecule has 1 fully saturated rings. The van der Waals surface area contributed by atoms with Gasteiger partial charge in [0.05, 0.1) is 6.61 Å². The molecule has 1 radical (unpaired) electrons. The maximum absolute atomic E-state index is 10.9. The summed E-state index contributed by atoms with van der Waals surface area (Å²) in [5, 5.41) is 9.57. The van der Waals surface area contributed by atoms with Gasteiger partial charge in [0, 0.05) is 56.4 Å². The van der Waals surface area contributed by atoms with Crippen LogP contribution in [0.1, 0.15) is 29.9 Å². The SMILES string of the molecule is Cc1ccc([C@@H]2CCC(=O)OC2)cc1O.[Ac]. The van der Waals surface area contributed by atoms with Gasteiger partial charge in [-0.25, -0.2) is 0 Å². The summed E-state index contributed by atoms with van der Waals surface area (Å²) >= 11 is 0. The van der Waals surface area contributed by atoms with Crippen molar-refractivity contribution in [1.82, 2.24) is 0 Å². The van der Waals surface area contributed by atoms with Crippen molar-refractivity contribution in [1.29, 1.82) is 0 Å². The minimum absolute atomic E-state index is 0. The third-order valence-electron chi connectivity index (χ3n) is 2.85. The van der Waals surface area contributed by atoms with Crippen LogP contribution >= 0.6 is 0 Å². The van der Waals surface area contributed by atoms with Crippen molar-refractivity contribution >= 4 is 5.97 Å². The van der Waals surface area contributed by atoms with Crippen molar-refractivity contribution in [3.8, 4) is 5.75 Å². The molecule has 1 aromatic carbocycles. The molecule has 2 rings (SSSR count). The molecule has 0 unspecified atom stereocenters. The van der Waals surface area contributed by atoms with Crippen LogP contribution in [0.15, 0.2) is 18.2 Å². The number of hydrogen-bond donors (Lipinski definition) is 1. The fraction of sp³-hybridized carbons (Fsp3) is 0.417. The quantitative estimate of drug-likeness (QED) is 0.691. The van der Waals surface area contributed by atoms with E-state index in [4.69, 9.17) is 4.74 Å². The molecule has 1 atom stereocenters. The van der Waals surface area contributed by atoms with E-state index < -0.39 is 0 Å². The van der Waals surface area contributed by atoms with Crippen molar-refractivity contribution in [3.05, 3.63) is 29.3 Å². The Morgan fingerprint density at radius 2 is 2.19 bits per heavy atom. The molecule has 0 spiro atoms. The number of carbonyl (C=O) groups excluding carboxylic acids is 1. The van der Waals surface area contributed by atoms with E-state index in [1.807, 2.05) is 19.1 Å². The van der Waals surface area contributed by atoms with Crippen molar-refractivity contribution < 1.29 is 58.7 Å². The molecular formula is C12H14AcO3. The smallest absolute Gasteiger partial charge is 0.305 e. The molecule has 0 bridgehead atoms. The average Bonchev–Trinajstić information content (AvgIpc) is 2.23. The van der Waals surface area contributed by atoms with Crippen LogP contribution in [0.25, 0.3) is 0 Å². The van der Waals surface area contributed by atoms with Crippen LogP contribution in [0.2, 0.25) is 0 Å². The topological polar surface area (TPSA) is 46.5 Å². The van der Waals surface area contributed by atoms with Gasteiger partial charge in [-0.2, -0.15) is 0 Å². The van der Waals surface area contributed by atoms with Crippen LogP contribution < -0.4 is 0 Å². The maximum atomic E-state index is 10.9. The number of carbonyl (C=O) groups is 1. The van der Waals surface area contributed by atoms with E-state index in [-0.39, 0.29) is 55.9 Å². The summed E-state index contributed by atoms with van der Waals surface area (Å²) in [5.74, 6) is 0.418. The Hall–Kier alpha value is -0.0684. The molecule has 0 aromatic heterocycles. The summed E-state index contributed by atoms with van der Waals surface area (Å²) in [4.78, 5) is 10.9. The second-order valence-electron chi connectivity index (χ2n) is 3.96. The molecule has 16 heavy (non-hydrogen) atoms. The molecule has 1 heterocycles. The van der Waals surface area contributed by atoms with Crippen LogP contribution in [-0.2, 0) is 9.53 Å². The van der Waals surface area contributed by atoms with Crippen molar-refractivity contribution in [2.24, 2.45) is 0 Å². The Kier molecular flexibility index (Phi) is 5.27. The molecule has 1 aromatic rings. The van der Waals surface area contributed by atoms with E-state index >= 15 is 0 Å². The van der Waals surface area contributed by atoms with Crippen molar-refractivity contribution in [2.75, 3.05) is 6.61 Å². The number of cyclic esters (lactones) is 1. The largest absolute Gasteiger partial charge is 0.508 e. The van der Waals surface area contributed by atoms with Gasteiger partial charge in [-0.05, 0) is 30.5 Å². The third kappa shape index (κ3) is 3.21. The first-order valence-electron chi connectivity index (χ1n) is 5.12. The number of phenols is 1. The number of hydrogen-bond acceptors (Lipinski definition) is 3. The Balaban J connectivity index is 0.00000128. The number of aryl methyl sites for hydroxylation is 1. The fourth-order valence-electron chi connectivity index (χ4n) is 1.78. The summed E-state index contributed by atoms with van der Waals surface area (Å²) in [5.41, 5.74) is 1.91. The number of aromatic hydroxyl groups is 1. The molecule has 0 aliphatic carbocycles. The zero-order valence-electron chi connectivity index (χ0n) is 9.27. The van der Waals surface area contributed by atoms with Crippen LogP contribution in [0.3, 0.4) is 0 Å². The zero-order chi connectivity index (χ0) is 10.8. The second kappa shape index (κ2) is 6.03. The number of phenolic OH excluding ortho intramolecular Hbond substituents is 1. The van der Waals surface area contributed by atoms with Gasteiger partial charge in [-0.1, -0.05) is 12.1 Å². The molecule has 83 valence electrons. The predicted molar refractivity (Wildman–Crippen MR) is 55.8 cm³/mol. The molecule has 1 N–H and O–H groups in total. The zero-order valence-corrected chi connectivity index (χ0v) is 14.0. The first-order chi connectivity index (χ1) is 7.16. The number of rotatable bonds is 1. The van der Waals surface area contributed by atoms with Gasteiger partial charge >= 0.3 is 5.97 Å². The normalized spacial score (nSPS) is 19.8. The monoisotopic (exact) mass is 433 g/mol. The Morgan fingerprint density at radius 1 is 1.44 bits per heavy atom. The Labute approximate surface area is 131 Å². The molecule has 1 aliphatic rings. The van der Waals surface area contributed by atoms with Gasteiger partial charge < -0.3 is 9.84 Å². The summed E-state index contributed by atoms with van der Waals surface area (Å²) in [6.07, 6.45) is 1.28. The summed E-state index contributed by atoms with van der Waals surface area (Å²) in [7, 11) is 0. The summed E-state index contributed by atoms with van der Waals surface area (Å²) < 4.78 is 4.99. The predicted octanol–water partition coefficient (Wildman–Crippen LogP) is 2.12. The molecule has 4 heteroatoms. The van der Waals surface area contributed by atoms with Crippen LogP contribution in [0, 0.1) is 51.0 Å². The van der Waals surface area contributed by atoms with Crippen LogP contribution in [0.5, 0.6) is 5.75 Å². The van der Waals surface area contributed by atoms with Gasteiger partial charge in [-0.3, -0.25) is 4.79 Å². The Morgan fingerprint density at radius 3 is 2.75 bits per heavy atom. The maximum Gasteiger partial charge on any atom is 0.305 e. The molecular weight excluding hydrogens is 419 g/mol. The van der Waals surface area contributed by atoms with Crippen molar-refractivity contribution in [3.63, 3.8) is 0 Å². The van der Waals surface area contributed by atoms with Crippen LogP contribution in [0.4, 0.5) is 0 Å². The minimum atomic E-state index is -0.123. The molecule has 3 nitrogen and oxygen atoms in total. The van der Waals surface area contributed by atoms with Crippen molar-refractivity contribution in [2.45, 2.75) is 25.7 Å². The standard InChI is InChI=1S/C12H14O3.Ac/c1-8-2-3-9(6-11(8)13)10-4-5-12(14)15-7-10;/h2-3,6,10,13H,4-5,7H2,1H3;/t10-;/m1./s1. The van der Waals surface area contributed by atoms with E-state index in [2.05, 4.69) is 0 Å². The van der Waals surface area contributed by atoms with Gasteiger partial charge in [0.15, 0.2) is 0 Å². The number of benzene rings is 1. The Bertz CT molecular complexity index is 380. The van der Waals surface area contributed by atoms with Gasteiger partial charge in [0.1, 0.15) is 5.75 Å². The van der Waals surface area contributed by atoms with Gasteiger partial charge in [0.2, 0.25) is 0 Å². The van der Waals surface area contributed by atoms with E-state index in [9.17, 15) is 9.90 Å². The summed E-state index contributed by atoms with van der Waals surface area (Å²) in [6.45, 7) is 2.29. The number of ether oxygens (including phenoxy) is 1. The molecule has 1 saturated heterocycles. The van der Waals surface area contributed by atoms with E-state index in [1.54, 1.807) is 6.07 Å². The fourth-order valence-corrected chi connectivity index (χ4v) is 1.78. The van der Waals surface area contributed by atoms with Gasteiger partial charge in [-0.15, -0.1) is 0 Å². The van der Waals surface area contributed by atoms with Gasteiger partial charge in [0.25, 0.3) is 0 Å². The minimum Gasteiger partial charge on any atom is -0.508 e. The first-order valence-corrected chi connectivity index (χ1v) is 5.12. The molecule has 0 amide bonds. The molecule has 1 aliphatic heterocycles. The van der Waals surface area contributed by atoms with E-state index in [1.165, 1.54) is 0 Å². The first kappa shape index (κ1) is 14.0. The van der Waals surface area contributed by atoms with Crippen LogP contribution in [-0.4, -0.2) is 17.7 Å². The van der Waals surface area contributed by atoms with E-state index in [0.717, 1.165) is 17.5 Å². The number of esters is 1. The second-order valence-corrected chi connectivity index (χ2v) is 3.96. The summed E-state index contributed by atoms with van der Waals surface area (Å²) in [6, 6.07) is 5.64. The average molecular weight is 433 g/mol.